The molecule has 1 N–H and O–H groups in total. The van der Waals surface area contributed by atoms with E-state index >= 15 is 0 Å². The minimum atomic E-state index is 0.453. The fourth-order valence-electron chi connectivity index (χ4n) is 3.76. The van der Waals surface area contributed by atoms with Crippen LogP contribution in [0.5, 0.6) is 0 Å². The Labute approximate surface area is 115 Å². The number of nitrogens with zero attached hydrogens (tertiary/aromatic N) is 2. The molecule has 1 aromatic heterocycles. The summed E-state index contributed by atoms with van der Waals surface area (Å²) in [4.78, 5) is 0. The van der Waals surface area contributed by atoms with Crippen LogP contribution in [0.2, 0.25) is 0 Å². The van der Waals surface area contributed by atoms with Crippen molar-refractivity contribution in [1.29, 1.82) is 0 Å². The standard InChI is InChI=1S/C15H25N3O/c1-3-19-14-10-13(15(14)6-4-7-15)17-12(2)11-18-9-5-8-16-18/h5,8-9,12-14,17H,3-4,6-7,10-11H2,1-2H3. The average Bonchev–Trinajstić information content (AvgIpc) is 2.78. The van der Waals surface area contributed by atoms with Crippen molar-refractivity contribution in [3.8, 4) is 0 Å². The Balaban J connectivity index is 1.53. The van der Waals surface area contributed by atoms with Crippen molar-refractivity contribution in [2.75, 3.05) is 6.61 Å². The van der Waals surface area contributed by atoms with Gasteiger partial charge in [0, 0.05) is 36.5 Å². The van der Waals surface area contributed by atoms with Crippen LogP contribution in [-0.2, 0) is 11.3 Å². The van der Waals surface area contributed by atoms with Crippen LogP contribution < -0.4 is 5.32 Å². The molecule has 19 heavy (non-hydrogen) atoms. The Morgan fingerprint density at radius 1 is 1.53 bits per heavy atom. The number of hydrogen-bond donors (Lipinski definition) is 1. The molecule has 2 aliphatic rings. The van der Waals surface area contributed by atoms with Crippen molar-refractivity contribution >= 4 is 0 Å². The topological polar surface area (TPSA) is 39.1 Å². The number of ether oxygens (including phenoxy) is 1. The summed E-state index contributed by atoms with van der Waals surface area (Å²) in [6.45, 7) is 6.15. The maximum Gasteiger partial charge on any atom is 0.0661 e. The van der Waals surface area contributed by atoms with E-state index in [0.717, 1.165) is 13.2 Å². The molecule has 0 radical (unpaired) electrons. The molecule has 0 aliphatic heterocycles. The third-order valence-electron chi connectivity index (χ3n) is 4.94. The van der Waals surface area contributed by atoms with Crippen LogP contribution in [-0.4, -0.2) is 34.6 Å². The molecular formula is C15H25N3O. The summed E-state index contributed by atoms with van der Waals surface area (Å²) in [6.07, 6.45) is 9.59. The second-order valence-corrected chi connectivity index (χ2v) is 6.11. The van der Waals surface area contributed by atoms with E-state index in [0.29, 0.717) is 23.6 Å². The molecule has 1 heterocycles. The SMILES string of the molecule is CCOC1CC(NC(C)Cn2cccn2)C12CCC2. The summed E-state index contributed by atoms with van der Waals surface area (Å²) in [5, 5.41) is 8.07. The maximum absolute atomic E-state index is 5.90. The molecule has 3 rings (SSSR count). The van der Waals surface area contributed by atoms with Crippen molar-refractivity contribution < 1.29 is 4.74 Å². The minimum absolute atomic E-state index is 0.453. The highest BCUT2D eigenvalue weighted by molar-refractivity contribution is 5.12. The van der Waals surface area contributed by atoms with E-state index in [2.05, 4.69) is 24.3 Å². The first-order valence-electron chi connectivity index (χ1n) is 7.59. The van der Waals surface area contributed by atoms with Gasteiger partial charge in [0.1, 0.15) is 0 Å². The number of rotatable bonds is 6. The van der Waals surface area contributed by atoms with Crippen LogP contribution in [0.25, 0.3) is 0 Å². The molecule has 4 heteroatoms. The third-order valence-corrected chi connectivity index (χ3v) is 4.94. The first-order chi connectivity index (χ1) is 9.24. The molecule has 2 saturated carbocycles. The lowest BCUT2D eigenvalue weighted by Crippen LogP contribution is -2.68. The molecule has 0 aromatic carbocycles. The van der Waals surface area contributed by atoms with E-state index in [-0.39, 0.29) is 0 Å². The van der Waals surface area contributed by atoms with Crippen LogP contribution in [0.1, 0.15) is 39.5 Å². The lowest BCUT2D eigenvalue weighted by Gasteiger charge is -2.61. The predicted octanol–water partition coefficient (Wildman–Crippen LogP) is 2.21. The predicted molar refractivity (Wildman–Crippen MR) is 74.9 cm³/mol. The van der Waals surface area contributed by atoms with Crippen LogP contribution in [0, 0.1) is 5.41 Å². The van der Waals surface area contributed by atoms with Gasteiger partial charge in [-0.25, -0.2) is 0 Å². The van der Waals surface area contributed by atoms with Crippen LogP contribution in [0.15, 0.2) is 18.5 Å². The molecule has 0 saturated heterocycles. The monoisotopic (exact) mass is 263 g/mol. The molecule has 1 aromatic rings. The zero-order valence-corrected chi connectivity index (χ0v) is 12.0. The van der Waals surface area contributed by atoms with E-state index in [9.17, 15) is 0 Å². The smallest absolute Gasteiger partial charge is 0.0661 e. The van der Waals surface area contributed by atoms with Crippen LogP contribution in [0.4, 0.5) is 0 Å². The van der Waals surface area contributed by atoms with E-state index in [1.54, 1.807) is 0 Å². The highest BCUT2D eigenvalue weighted by Gasteiger charge is 2.58. The van der Waals surface area contributed by atoms with Gasteiger partial charge in [0.2, 0.25) is 0 Å². The highest BCUT2D eigenvalue weighted by Crippen LogP contribution is 2.57. The lowest BCUT2D eigenvalue weighted by atomic mass is 9.51. The minimum Gasteiger partial charge on any atom is -0.378 e. The molecule has 4 nitrogen and oxygen atoms in total. The van der Waals surface area contributed by atoms with Gasteiger partial charge < -0.3 is 10.1 Å². The summed E-state index contributed by atoms with van der Waals surface area (Å²) in [6, 6.07) is 3.09. The molecule has 3 atom stereocenters. The molecule has 1 spiro atoms. The summed E-state index contributed by atoms with van der Waals surface area (Å²) in [7, 11) is 0. The lowest BCUT2D eigenvalue weighted by molar-refractivity contribution is -0.174. The van der Waals surface area contributed by atoms with E-state index in [1.807, 2.05) is 23.1 Å². The van der Waals surface area contributed by atoms with E-state index in [4.69, 9.17) is 4.74 Å². The van der Waals surface area contributed by atoms with Crippen molar-refractivity contribution in [3.05, 3.63) is 18.5 Å². The second-order valence-electron chi connectivity index (χ2n) is 6.11. The molecule has 0 amide bonds. The molecule has 106 valence electrons. The normalized spacial score (nSPS) is 29.8. The summed E-state index contributed by atoms with van der Waals surface area (Å²) in [5.41, 5.74) is 0.453. The van der Waals surface area contributed by atoms with E-state index < -0.39 is 0 Å². The van der Waals surface area contributed by atoms with Gasteiger partial charge in [-0.15, -0.1) is 0 Å². The maximum atomic E-state index is 5.90. The van der Waals surface area contributed by atoms with Crippen LogP contribution in [0.3, 0.4) is 0 Å². The van der Waals surface area contributed by atoms with Gasteiger partial charge in [-0.2, -0.15) is 5.10 Å². The molecular weight excluding hydrogens is 238 g/mol. The summed E-state index contributed by atoms with van der Waals surface area (Å²) < 4.78 is 7.90. The average molecular weight is 263 g/mol. The molecule has 2 fully saturated rings. The zero-order chi connectivity index (χ0) is 13.3. The van der Waals surface area contributed by atoms with Gasteiger partial charge in [0.25, 0.3) is 0 Å². The van der Waals surface area contributed by atoms with Gasteiger partial charge in [-0.3, -0.25) is 4.68 Å². The number of aromatic nitrogens is 2. The fourth-order valence-corrected chi connectivity index (χ4v) is 3.76. The van der Waals surface area contributed by atoms with Gasteiger partial charge in [0.15, 0.2) is 0 Å². The quantitative estimate of drug-likeness (QED) is 0.855. The fraction of sp³-hybridized carbons (Fsp3) is 0.800. The Kier molecular flexibility index (Phi) is 3.63. The molecule has 2 aliphatic carbocycles. The van der Waals surface area contributed by atoms with Crippen molar-refractivity contribution in [1.82, 2.24) is 15.1 Å². The molecule has 0 bridgehead atoms. The number of hydrogen-bond acceptors (Lipinski definition) is 3. The third kappa shape index (κ3) is 2.32. The van der Waals surface area contributed by atoms with Crippen molar-refractivity contribution in [2.24, 2.45) is 5.41 Å². The van der Waals surface area contributed by atoms with Gasteiger partial charge >= 0.3 is 0 Å². The Bertz CT molecular complexity index is 400. The Morgan fingerprint density at radius 3 is 2.95 bits per heavy atom. The van der Waals surface area contributed by atoms with Gasteiger partial charge in [-0.05, 0) is 39.2 Å². The van der Waals surface area contributed by atoms with Gasteiger partial charge in [0.05, 0.1) is 12.6 Å². The summed E-state index contributed by atoms with van der Waals surface area (Å²) >= 11 is 0. The molecule has 3 unspecified atom stereocenters. The number of nitrogens with one attached hydrogen (secondary N) is 1. The first kappa shape index (κ1) is 13.1. The Hall–Kier alpha value is -0.870. The largest absolute Gasteiger partial charge is 0.378 e. The first-order valence-corrected chi connectivity index (χ1v) is 7.59. The highest BCUT2D eigenvalue weighted by atomic mass is 16.5. The van der Waals surface area contributed by atoms with Gasteiger partial charge in [-0.1, -0.05) is 6.42 Å². The van der Waals surface area contributed by atoms with Crippen molar-refractivity contribution in [2.45, 2.75) is 64.3 Å². The van der Waals surface area contributed by atoms with E-state index in [1.165, 1.54) is 25.7 Å². The summed E-state index contributed by atoms with van der Waals surface area (Å²) in [5.74, 6) is 0. The van der Waals surface area contributed by atoms with Crippen LogP contribution >= 0.6 is 0 Å². The zero-order valence-electron chi connectivity index (χ0n) is 12.0. The van der Waals surface area contributed by atoms with Crippen molar-refractivity contribution in [3.63, 3.8) is 0 Å². The Morgan fingerprint density at radius 2 is 2.37 bits per heavy atom. The second kappa shape index (κ2) is 5.25.